The number of nitrogens with zero attached hydrogens (tertiary/aromatic N) is 2. The number of nitrogens with two attached hydrogens (primary N) is 2. The molecule has 0 amide bonds. The Kier molecular flexibility index (Phi) is 5.56. The van der Waals surface area contributed by atoms with Crippen molar-refractivity contribution in [1.29, 1.82) is 0 Å². The van der Waals surface area contributed by atoms with Crippen LogP contribution < -0.4 is 20.9 Å². The van der Waals surface area contributed by atoms with E-state index in [1.54, 1.807) is 0 Å². The molecule has 110 valence electrons. The molecular formula is C10H10F4N4O2. The van der Waals surface area contributed by atoms with Gasteiger partial charge in [0.2, 0.25) is 5.96 Å². The van der Waals surface area contributed by atoms with Crippen LogP contribution >= 0.6 is 0 Å². The van der Waals surface area contributed by atoms with Gasteiger partial charge in [0.25, 0.3) is 0 Å². The number of ether oxygens (including phenoxy) is 2. The normalized spacial score (nSPS) is 11.1. The van der Waals surface area contributed by atoms with Crippen LogP contribution in [0.15, 0.2) is 28.4 Å². The van der Waals surface area contributed by atoms with Gasteiger partial charge in [0.1, 0.15) is 0 Å². The fraction of sp³-hybridized carbons (Fsp3) is 0.200. The molecule has 0 aromatic heterocycles. The fourth-order valence-corrected chi connectivity index (χ4v) is 1.15. The molecule has 20 heavy (non-hydrogen) atoms. The standard InChI is InChI=1S/C10H10F4N4O2/c11-8(12)19-6-2-1-5(4-17-18-10(15)16)3-7(6)20-9(13)14/h1-4,8-9H,(H4,15,16,18). The zero-order valence-corrected chi connectivity index (χ0v) is 9.84. The van der Waals surface area contributed by atoms with E-state index in [0.717, 1.165) is 18.3 Å². The zero-order valence-electron chi connectivity index (χ0n) is 9.84. The van der Waals surface area contributed by atoms with Crippen LogP contribution in [0.25, 0.3) is 0 Å². The molecule has 0 fully saturated rings. The van der Waals surface area contributed by atoms with Gasteiger partial charge in [-0.2, -0.15) is 22.7 Å². The number of hydrogen-bond acceptors (Lipinski definition) is 4. The maximum Gasteiger partial charge on any atom is 0.387 e. The molecule has 0 heterocycles. The Labute approximate surface area is 110 Å². The molecule has 10 heteroatoms. The number of hydrogen-bond donors (Lipinski definition) is 2. The van der Waals surface area contributed by atoms with Gasteiger partial charge < -0.3 is 20.9 Å². The van der Waals surface area contributed by atoms with Crippen LogP contribution in [0.2, 0.25) is 0 Å². The molecule has 0 aliphatic carbocycles. The van der Waals surface area contributed by atoms with Gasteiger partial charge in [0.15, 0.2) is 11.5 Å². The Morgan fingerprint density at radius 1 is 1.05 bits per heavy atom. The Hall–Kier alpha value is -2.52. The van der Waals surface area contributed by atoms with Gasteiger partial charge in [0, 0.05) is 0 Å². The molecule has 0 atom stereocenters. The molecule has 6 nitrogen and oxygen atoms in total. The predicted octanol–water partition coefficient (Wildman–Crippen LogP) is 1.50. The summed E-state index contributed by atoms with van der Waals surface area (Å²) < 4.78 is 56.6. The summed E-state index contributed by atoms with van der Waals surface area (Å²) in [6, 6.07) is 3.33. The minimum absolute atomic E-state index is 0.243. The number of rotatable bonds is 6. The van der Waals surface area contributed by atoms with E-state index in [9.17, 15) is 17.6 Å². The van der Waals surface area contributed by atoms with Crippen LogP contribution in [0, 0.1) is 0 Å². The van der Waals surface area contributed by atoms with Crippen molar-refractivity contribution in [3.8, 4) is 11.5 Å². The second-order valence-corrected chi connectivity index (χ2v) is 3.23. The molecule has 0 radical (unpaired) electrons. The highest BCUT2D eigenvalue weighted by molar-refractivity contribution is 5.82. The van der Waals surface area contributed by atoms with E-state index in [1.165, 1.54) is 6.07 Å². The maximum absolute atomic E-state index is 12.2. The van der Waals surface area contributed by atoms with Crippen molar-refractivity contribution < 1.29 is 27.0 Å². The van der Waals surface area contributed by atoms with Crippen molar-refractivity contribution in [3.63, 3.8) is 0 Å². The zero-order chi connectivity index (χ0) is 15.1. The van der Waals surface area contributed by atoms with Crippen molar-refractivity contribution >= 4 is 12.2 Å². The second kappa shape index (κ2) is 7.16. The summed E-state index contributed by atoms with van der Waals surface area (Å²) in [5.41, 5.74) is 10.3. The maximum atomic E-state index is 12.2. The van der Waals surface area contributed by atoms with Crippen LogP contribution in [-0.2, 0) is 0 Å². The van der Waals surface area contributed by atoms with E-state index < -0.39 is 24.7 Å². The van der Waals surface area contributed by atoms with Crippen LogP contribution in [-0.4, -0.2) is 25.4 Å². The minimum Gasteiger partial charge on any atom is -0.431 e. The summed E-state index contributed by atoms with van der Waals surface area (Å²) in [5, 5.41) is 6.72. The van der Waals surface area contributed by atoms with Gasteiger partial charge in [-0.1, -0.05) is 0 Å². The number of alkyl halides is 4. The second-order valence-electron chi connectivity index (χ2n) is 3.23. The summed E-state index contributed by atoms with van der Waals surface area (Å²) in [7, 11) is 0. The first kappa shape index (κ1) is 15.5. The lowest BCUT2D eigenvalue weighted by Crippen LogP contribution is -2.21. The van der Waals surface area contributed by atoms with Crippen LogP contribution in [0.1, 0.15) is 5.56 Å². The Balaban J connectivity index is 3.00. The summed E-state index contributed by atoms with van der Waals surface area (Å²) in [6.07, 6.45) is 1.12. The van der Waals surface area contributed by atoms with Crippen LogP contribution in [0.3, 0.4) is 0 Å². The molecule has 4 N–H and O–H groups in total. The third kappa shape index (κ3) is 5.42. The van der Waals surface area contributed by atoms with E-state index in [0.29, 0.717) is 0 Å². The molecular weight excluding hydrogens is 284 g/mol. The van der Waals surface area contributed by atoms with Gasteiger partial charge in [-0.05, 0) is 23.8 Å². The highest BCUT2D eigenvalue weighted by Gasteiger charge is 2.14. The van der Waals surface area contributed by atoms with Crippen molar-refractivity contribution in [3.05, 3.63) is 23.8 Å². The van der Waals surface area contributed by atoms with Crippen molar-refractivity contribution in [2.75, 3.05) is 0 Å². The summed E-state index contributed by atoms with van der Waals surface area (Å²) in [5.74, 6) is -1.39. The lowest BCUT2D eigenvalue weighted by molar-refractivity contribution is -0.0692. The minimum atomic E-state index is -3.19. The lowest BCUT2D eigenvalue weighted by atomic mass is 10.2. The van der Waals surface area contributed by atoms with E-state index in [-0.39, 0.29) is 11.5 Å². The van der Waals surface area contributed by atoms with Gasteiger partial charge in [-0.3, -0.25) is 0 Å². The van der Waals surface area contributed by atoms with E-state index in [2.05, 4.69) is 19.7 Å². The lowest BCUT2D eigenvalue weighted by Gasteiger charge is -2.11. The number of halogens is 4. The highest BCUT2D eigenvalue weighted by atomic mass is 19.3. The number of guanidine groups is 1. The predicted molar refractivity (Wildman–Crippen MR) is 63.1 cm³/mol. The molecule has 1 aromatic rings. The molecule has 0 bridgehead atoms. The summed E-state index contributed by atoms with van der Waals surface area (Å²) in [6.45, 7) is -6.36. The molecule has 0 saturated carbocycles. The molecule has 0 saturated heterocycles. The van der Waals surface area contributed by atoms with E-state index in [4.69, 9.17) is 11.5 Å². The average Bonchev–Trinajstić information content (AvgIpc) is 2.30. The molecule has 1 aromatic carbocycles. The molecule has 1 rings (SSSR count). The molecule has 0 spiro atoms. The molecule has 0 unspecified atom stereocenters. The summed E-state index contributed by atoms with van der Waals surface area (Å²) >= 11 is 0. The Morgan fingerprint density at radius 2 is 1.65 bits per heavy atom. The average molecular weight is 294 g/mol. The van der Waals surface area contributed by atoms with Crippen molar-refractivity contribution in [1.82, 2.24) is 0 Å². The first-order valence-electron chi connectivity index (χ1n) is 5.04. The number of benzene rings is 1. The van der Waals surface area contributed by atoms with Crippen LogP contribution in [0.4, 0.5) is 17.6 Å². The van der Waals surface area contributed by atoms with E-state index in [1.807, 2.05) is 0 Å². The van der Waals surface area contributed by atoms with Crippen molar-refractivity contribution in [2.45, 2.75) is 13.2 Å². The first-order valence-corrected chi connectivity index (χ1v) is 5.04. The summed E-state index contributed by atoms with van der Waals surface area (Å²) in [4.78, 5) is 0. The quantitative estimate of drug-likeness (QED) is 0.360. The Morgan fingerprint density at radius 3 is 2.20 bits per heavy atom. The smallest absolute Gasteiger partial charge is 0.387 e. The van der Waals surface area contributed by atoms with Gasteiger partial charge in [-0.25, -0.2) is 0 Å². The van der Waals surface area contributed by atoms with Gasteiger partial charge >= 0.3 is 13.2 Å². The monoisotopic (exact) mass is 294 g/mol. The Bertz CT molecular complexity index is 504. The molecule has 0 aliphatic heterocycles. The first-order chi connectivity index (χ1) is 9.38. The van der Waals surface area contributed by atoms with Gasteiger partial charge in [-0.15, -0.1) is 5.10 Å². The van der Waals surface area contributed by atoms with E-state index >= 15 is 0 Å². The topological polar surface area (TPSA) is 95.2 Å². The van der Waals surface area contributed by atoms with Gasteiger partial charge in [0.05, 0.1) is 6.21 Å². The largest absolute Gasteiger partial charge is 0.431 e. The highest BCUT2D eigenvalue weighted by Crippen LogP contribution is 2.30. The molecule has 0 aliphatic rings. The van der Waals surface area contributed by atoms with Crippen LogP contribution in [0.5, 0.6) is 11.5 Å². The SMILES string of the molecule is NC(N)=NN=Cc1ccc(OC(F)F)c(OC(F)F)c1. The van der Waals surface area contributed by atoms with Crippen molar-refractivity contribution in [2.24, 2.45) is 21.7 Å². The third-order valence-electron chi connectivity index (χ3n) is 1.78. The fourth-order valence-electron chi connectivity index (χ4n) is 1.15. The third-order valence-corrected chi connectivity index (χ3v) is 1.78.